The molecular formula is C21H31N5O. The van der Waals surface area contributed by atoms with Gasteiger partial charge < -0.3 is 9.80 Å². The number of carbonyl (C=O) groups excluding carboxylic acids is 1. The van der Waals surface area contributed by atoms with E-state index in [1.807, 2.05) is 36.1 Å². The Bertz CT molecular complexity index is 772. The molecule has 2 aromatic rings. The molecule has 0 unspecified atom stereocenters. The van der Waals surface area contributed by atoms with Crippen LogP contribution in [0.4, 0.5) is 0 Å². The molecule has 0 atom stereocenters. The summed E-state index contributed by atoms with van der Waals surface area (Å²) in [5.74, 6) is 0.426. The number of aryl methyl sites for hydroxylation is 1. The van der Waals surface area contributed by atoms with Gasteiger partial charge in [0.05, 0.1) is 11.4 Å². The van der Waals surface area contributed by atoms with E-state index in [1.165, 1.54) is 5.56 Å². The number of piperidine rings is 1. The average Bonchev–Trinajstić information content (AvgIpc) is 3.02. The second-order valence-electron chi connectivity index (χ2n) is 8.16. The Morgan fingerprint density at radius 3 is 2.41 bits per heavy atom. The molecule has 1 fully saturated rings. The summed E-state index contributed by atoms with van der Waals surface area (Å²) in [4.78, 5) is 17.7. The van der Waals surface area contributed by atoms with E-state index in [1.54, 1.807) is 4.68 Å². The van der Waals surface area contributed by atoms with Gasteiger partial charge in [-0.3, -0.25) is 4.79 Å². The molecule has 0 bridgehead atoms. The van der Waals surface area contributed by atoms with E-state index in [4.69, 9.17) is 0 Å². The number of rotatable bonds is 5. The molecule has 1 saturated heterocycles. The van der Waals surface area contributed by atoms with Crippen LogP contribution in [0.1, 0.15) is 48.4 Å². The van der Waals surface area contributed by atoms with E-state index < -0.39 is 0 Å². The first-order valence-electron chi connectivity index (χ1n) is 9.85. The van der Waals surface area contributed by atoms with Gasteiger partial charge in [-0.25, -0.2) is 4.68 Å². The van der Waals surface area contributed by atoms with Crippen LogP contribution in [-0.4, -0.2) is 63.4 Å². The number of hydrogen-bond acceptors (Lipinski definition) is 4. The molecule has 0 radical (unpaired) electrons. The van der Waals surface area contributed by atoms with Crippen LogP contribution in [0.15, 0.2) is 24.3 Å². The lowest BCUT2D eigenvalue weighted by Gasteiger charge is -2.38. The Kier molecular flexibility index (Phi) is 5.95. The lowest BCUT2D eigenvalue weighted by molar-refractivity contribution is 0.0552. The highest BCUT2D eigenvalue weighted by molar-refractivity contribution is 5.93. The summed E-state index contributed by atoms with van der Waals surface area (Å²) in [7, 11) is 2.14. The molecule has 0 spiro atoms. The fraction of sp³-hybridized carbons (Fsp3) is 0.571. The van der Waals surface area contributed by atoms with Crippen LogP contribution in [0, 0.1) is 19.8 Å². The number of hydrogen-bond donors (Lipinski definition) is 0. The van der Waals surface area contributed by atoms with Gasteiger partial charge >= 0.3 is 0 Å². The van der Waals surface area contributed by atoms with E-state index in [9.17, 15) is 4.79 Å². The molecule has 2 heterocycles. The third-order valence-electron chi connectivity index (χ3n) is 5.33. The van der Waals surface area contributed by atoms with Crippen molar-refractivity contribution in [3.63, 3.8) is 0 Å². The zero-order chi connectivity index (χ0) is 19.6. The number of nitrogens with zero attached hydrogens (tertiary/aromatic N) is 5. The minimum absolute atomic E-state index is 0.00844. The van der Waals surface area contributed by atoms with Crippen LogP contribution >= 0.6 is 0 Å². The van der Waals surface area contributed by atoms with E-state index in [-0.39, 0.29) is 11.9 Å². The molecule has 3 rings (SSSR count). The van der Waals surface area contributed by atoms with Crippen LogP contribution in [0.3, 0.4) is 0 Å². The van der Waals surface area contributed by atoms with Gasteiger partial charge in [-0.1, -0.05) is 36.8 Å². The van der Waals surface area contributed by atoms with Crippen molar-refractivity contribution < 1.29 is 4.79 Å². The van der Waals surface area contributed by atoms with Crippen molar-refractivity contribution in [1.82, 2.24) is 24.8 Å². The van der Waals surface area contributed by atoms with E-state index in [2.05, 4.69) is 43.0 Å². The number of amides is 1. The molecule has 146 valence electrons. The van der Waals surface area contributed by atoms with Gasteiger partial charge in [0, 0.05) is 12.6 Å². The number of aromatic nitrogens is 3. The van der Waals surface area contributed by atoms with Crippen molar-refractivity contribution >= 4 is 5.91 Å². The Balaban J connectivity index is 1.86. The maximum atomic E-state index is 13.4. The van der Waals surface area contributed by atoms with E-state index >= 15 is 0 Å². The highest BCUT2D eigenvalue weighted by Gasteiger charge is 2.31. The molecule has 0 aliphatic carbocycles. The SMILES string of the molecule is Cc1ccc(-n2nnc(C(=O)N(CC(C)C)C3CCN(C)CC3)c2C)cc1. The molecule has 6 heteroatoms. The second kappa shape index (κ2) is 8.21. The molecule has 1 amide bonds. The zero-order valence-electron chi connectivity index (χ0n) is 17.1. The quantitative estimate of drug-likeness (QED) is 0.813. The van der Waals surface area contributed by atoms with Crippen LogP contribution in [-0.2, 0) is 0 Å². The molecule has 1 aliphatic heterocycles. The van der Waals surface area contributed by atoms with E-state index in [0.29, 0.717) is 11.6 Å². The summed E-state index contributed by atoms with van der Waals surface area (Å²) in [5.41, 5.74) is 3.39. The van der Waals surface area contributed by atoms with Crippen molar-refractivity contribution in [1.29, 1.82) is 0 Å². The molecule has 6 nitrogen and oxygen atoms in total. The van der Waals surface area contributed by atoms with Crippen molar-refractivity contribution in [2.24, 2.45) is 5.92 Å². The number of benzene rings is 1. The first-order valence-corrected chi connectivity index (χ1v) is 9.85. The van der Waals surface area contributed by atoms with Crippen LogP contribution < -0.4 is 0 Å². The normalized spacial score (nSPS) is 16.1. The molecular weight excluding hydrogens is 338 g/mol. The molecule has 1 aromatic carbocycles. The van der Waals surface area contributed by atoms with Crippen molar-refractivity contribution in [3.8, 4) is 5.69 Å². The van der Waals surface area contributed by atoms with Crippen LogP contribution in [0.5, 0.6) is 0 Å². The summed E-state index contributed by atoms with van der Waals surface area (Å²) in [5, 5.41) is 8.53. The van der Waals surface area contributed by atoms with Gasteiger partial charge in [0.1, 0.15) is 0 Å². The third kappa shape index (κ3) is 4.38. The Labute approximate surface area is 162 Å². The molecule has 0 N–H and O–H groups in total. The van der Waals surface area contributed by atoms with Crippen LogP contribution in [0.2, 0.25) is 0 Å². The van der Waals surface area contributed by atoms with Crippen molar-refractivity contribution in [2.45, 2.75) is 46.6 Å². The first-order chi connectivity index (χ1) is 12.9. The summed E-state index contributed by atoms with van der Waals surface area (Å²) >= 11 is 0. The monoisotopic (exact) mass is 369 g/mol. The highest BCUT2D eigenvalue weighted by atomic mass is 16.2. The van der Waals surface area contributed by atoms with Gasteiger partial charge in [0.2, 0.25) is 0 Å². The maximum Gasteiger partial charge on any atom is 0.276 e. The number of carbonyl (C=O) groups is 1. The minimum atomic E-state index is 0.00844. The van der Waals surface area contributed by atoms with Gasteiger partial charge in [0.15, 0.2) is 5.69 Å². The fourth-order valence-corrected chi connectivity index (χ4v) is 3.69. The highest BCUT2D eigenvalue weighted by Crippen LogP contribution is 2.21. The predicted molar refractivity (Wildman–Crippen MR) is 107 cm³/mol. The second-order valence-corrected chi connectivity index (χ2v) is 8.16. The first kappa shape index (κ1) is 19.5. The standard InChI is InChI=1S/C21H31N5O/c1-15(2)14-25(18-10-12-24(5)13-11-18)21(27)20-17(4)26(23-22-20)19-8-6-16(3)7-9-19/h6-9,15,18H,10-14H2,1-5H3. The largest absolute Gasteiger partial charge is 0.334 e. The lowest BCUT2D eigenvalue weighted by atomic mass is 10.0. The third-order valence-corrected chi connectivity index (χ3v) is 5.33. The van der Waals surface area contributed by atoms with Crippen molar-refractivity contribution in [2.75, 3.05) is 26.7 Å². The smallest absolute Gasteiger partial charge is 0.276 e. The Morgan fingerprint density at radius 2 is 1.81 bits per heavy atom. The number of likely N-dealkylation sites (tertiary alicyclic amines) is 1. The summed E-state index contributed by atoms with van der Waals surface area (Å²) in [6.07, 6.45) is 2.03. The predicted octanol–water partition coefficient (Wildman–Crippen LogP) is 3.08. The lowest BCUT2D eigenvalue weighted by Crippen LogP contribution is -2.48. The van der Waals surface area contributed by atoms with E-state index in [0.717, 1.165) is 43.9 Å². The minimum Gasteiger partial charge on any atom is -0.334 e. The summed E-state index contributed by atoms with van der Waals surface area (Å²) in [6.45, 7) is 11.1. The zero-order valence-corrected chi connectivity index (χ0v) is 17.1. The Hall–Kier alpha value is -2.21. The van der Waals surface area contributed by atoms with Gasteiger partial charge in [-0.2, -0.15) is 0 Å². The maximum absolute atomic E-state index is 13.4. The summed E-state index contributed by atoms with van der Waals surface area (Å²) in [6, 6.07) is 8.38. The van der Waals surface area contributed by atoms with Gasteiger partial charge in [-0.15, -0.1) is 5.10 Å². The molecule has 1 aromatic heterocycles. The molecule has 27 heavy (non-hydrogen) atoms. The topological polar surface area (TPSA) is 54.3 Å². The van der Waals surface area contributed by atoms with Gasteiger partial charge in [-0.05, 0) is 64.9 Å². The molecule has 1 aliphatic rings. The Morgan fingerprint density at radius 1 is 1.19 bits per heavy atom. The van der Waals surface area contributed by atoms with Crippen LogP contribution in [0.25, 0.3) is 5.69 Å². The van der Waals surface area contributed by atoms with Crippen molar-refractivity contribution in [3.05, 3.63) is 41.2 Å². The van der Waals surface area contributed by atoms with Gasteiger partial charge in [0.25, 0.3) is 5.91 Å². The molecule has 0 saturated carbocycles. The fourth-order valence-electron chi connectivity index (χ4n) is 3.69. The average molecular weight is 370 g/mol. The summed E-state index contributed by atoms with van der Waals surface area (Å²) < 4.78 is 1.76.